The van der Waals surface area contributed by atoms with E-state index in [-0.39, 0.29) is 0 Å². The van der Waals surface area contributed by atoms with E-state index >= 15 is 0 Å². The number of hydroxylamine groups is 1. The molecule has 1 heterocycles. The van der Waals surface area contributed by atoms with Gasteiger partial charge in [-0.15, -0.1) is 0 Å². The minimum atomic E-state index is 0.477. The summed E-state index contributed by atoms with van der Waals surface area (Å²) < 4.78 is 0.753. The second-order valence-corrected chi connectivity index (χ2v) is 3.30. The lowest BCUT2D eigenvalue weighted by atomic mass is 10.5. The van der Waals surface area contributed by atoms with E-state index in [1.165, 1.54) is 0 Å². The molecule has 0 aromatic carbocycles. The topological polar surface area (TPSA) is 57.5 Å². The average molecular weight is 297 g/mol. The molecule has 0 amide bonds. The number of nitrogens with zero attached hydrogens (tertiary/aromatic N) is 2. The van der Waals surface area contributed by atoms with E-state index in [0.29, 0.717) is 10.8 Å². The molecule has 0 radical (unpaired) electrons. The molecule has 1 aromatic rings. The third-order valence-corrected chi connectivity index (χ3v) is 2.77. The summed E-state index contributed by atoms with van der Waals surface area (Å²) >= 11 is 7.82. The fourth-order valence-corrected chi connectivity index (χ4v) is 1.19. The van der Waals surface area contributed by atoms with Gasteiger partial charge in [0, 0.05) is 6.20 Å². The highest BCUT2D eigenvalue weighted by Crippen LogP contribution is 2.25. The Morgan fingerprint density at radius 3 is 3.17 bits per heavy atom. The Balaban J connectivity index is 3.00. The maximum absolute atomic E-state index is 8.23. The Kier molecular flexibility index (Phi) is 3.70. The van der Waals surface area contributed by atoms with Crippen molar-refractivity contribution in [2.45, 2.75) is 0 Å². The summed E-state index contributed by atoms with van der Waals surface area (Å²) in [6.07, 6.45) is 2.68. The van der Waals surface area contributed by atoms with Crippen LogP contribution < -0.4 is 5.48 Å². The molecule has 1 aromatic heterocycles. The maximum atomic E-state index is 8.23. The highest BCUT2D eigenvalue weighted by Gasteiger charge is 2.01. The molecule has 0 saturated carbocycles. The van der Waals surface area contributed by atoms with Crippen LogP contribution >= 0.6 is 34.2 Å². The van der Waals surface area contributed by atoms with Gasteiger partial charge in [0.15, 0.2) is 5.82 Å². The molecule has 0 bridgehead atoms. The van der Waals surface area contributed by atoms with Gasteiger partial charge in [-0.2, -0.15) is 0 Å². The molecule has 4 nitrogen and oxygen atoms in total. The van der Waals surface area contributed by atoms with Crippen molar-refractivity contribution in [3.8, 4) is 0 Å². The zero-order valence-corrected chi connectivity index (χ0v) is 8.74. The average Bonchev–Trinajstić information content (AvgIpc) is 2.08. The van der Waals surface area contributed by atoms with Gasteiger partial charge in [-0.3, -0.25) is 10.7 Å². The van der Waals surface area contributed by atoms with Gasteiger partial charge in [0.25, 0.3) is 0 Å². The van der Waals surface area contributed by atoms with Crippen LogP contribution in [0.25, 0.3) is 0 Å². The molecule has 0 aliphatic carbocycles. The number of aliphatic imine (C=N–C) groups is 1. The quantitative estimate of drug-likeness (QED) is 0.380. The van der Waals surface area contributed by atoms with Gasteiger partial charge in [0.2, 0.25) is 0 Å². The molecule has 6 heteroatoms. The summed E-state index contributed by atoms with van der Waals surface area (Å²) in [5, 5.41) is 8.82. The van der Waals surface area contributed by atoms with Gasteiger partial charge >= 0.3 is 0 Å². The third-order valence-electron chi connectivity index (χ3n) is 1.07. The van der Waals surface area contributed by atoms with E-state index in [2.05, 4.69) is 9.98 Å². The Morgan fingerprint density at radius 2 is 2.50 bits per heavy atom. The molecule has 0 aliphatic heterocycles. The zero-order chi connectivity index (χ0) is 8.97. The third kappa shape index (κ3) is 2.29. The molecule has 0 fully saturated rings. The standard InChI is InChI=1S/C6H5ClIN3O/c7-4-1-2-9-6(5(4)8)10-3-11-12/h1-3,12H,(H,9,10,11). The second kappa shape index (κ2) is 4.58. The van der Waals surface area contributed by atoms with Crippen LogP contribution in [-0.4, -0.2) is 16.5 Å². The highest BCUT2D eigenvalue weighted by atomic mass is 127. The first-order valence-corrected chi connectivity index (χ1v) is 4.43. The van der Waals surface area contributed by atoms with Gasteiger partial charge in [-0.1, -0.05) is 11.6 Å². The normalized spacial score (nSPS) is 10.6. The predicted molar refractivity (Wildman–Crippen MR) is 55.0 cm³/mol. The van der Waals surface area contributed by atoms with Gasteiger partial charge < -0.3 is 0 Å². The summed E-state index contributed by atoms with van der Waals surface area (Å²) in [5.41, 5.74) is 1.78. The van der Waals surface area contributed by atoms with E-state index in [4.69, 9.17) is 16.8 Å². The number of nitrogens with one attached hydrogen (secondary N) is 1. The number of rotatable bonds is 2. The zero-order valence-electron chi connectivity index (χ0n) is 5.83. The Labute approximate surface area is 87.8 Å². The smallest absolute Gasteiger partial charge is 0.168 e. The Hall–Kier alpha value is -0.400. The predicted octanol–water partition coefficient (Wildman–Crippen LogP) is 1.98. The highest BCUT2D eigenvalue weighted by molar-refractivity contribution is 14.1. The van der Waals surface area contributed by atoms with E-state index < -0.39 is 0 Å². The molecule has 0 unspecified atom stereocenters. The first-order chi connectivity index (χ1) is 5.75. The molecule has 12 heavy (non-hydrogen) atoms. The van der Waals surface area contributed by atoms with Crippen molar-refractivity contribution in [1.82, 2.24) is 10.5 Å². The van der Waals surface area contributed by atoms with Gasteiger partial charge in [0.1, 0.15) is 6.34 Å². The molecular formula is C6H5ClIN3O. The Bertz CT molecular complexity index is 305. The lowest BCUT2D eigenvalue weighted by Crippen LogP contribution is -2.01. The largest absolute Gasteiger partial charge is 0.290 e. The van der Waals surface area contributed by atoms with E-state index in [1.54, 1.807) is 17.7 Å². The summed E-state index contributed by atoms with van der Waals surface area (Å²) in [6, 6.07) is 1.68. The Morgan fingerprint density at radius 1 is 1.75 bits per heavy atom. The second-order valence-electron chi connectivity index (χ2n) is 1.82. The van der Waals surface area contributed by atoms with Crippen LogP contribution in [0.5, 0.6) is 0 Å². The molecule has 1 rings (SSSR count). The van der Waals surface area contributed by atoms with Crippen molar-refractivity contribution in [2.75, 3.05) is 0 Å². The van der Waals surface area contributed by atoms with Crippen molar-refractivity contribution in [3.63, 3.8) is 0 Å². The molecule has 64 valence electrons. The maximum Gasteiger partial charge on any atom is 0.168 e. The van der Waals surface area contributed by atoms with Crippen LogP contribution in [0.2, 0.25) is 5.02 Å². The number of hydrogen-bond acceptors (Lipinski definition) is 3. The van der Waals surface area contributed by atoms with Gasteiger partial charge in [-0.05, 0) is 28.7 Å². The van der Waals surface area contributed by atoms with Crippen LogP contribution in [0.1, 0.15) is 0 Å². The van der Waals surface area contributed by atoms with Crippen LogP contribution in [0.15, 0.2) is 17.3 Å². The molecule has 0 aliphatic rings. The number of aromatic nitrogens is 1. The lowest BCUT2D eigenvalue weighted by Gasteiger charge is -1.97. The van der Waals surface area contributed by atoms with Crippen LogP contribution in [-0.2, 0) is 0 Å². The van der Waals surface area contributed by atoms with E-state index in [1.807, 2.05) is 22.6 Å². The van der Waals surface area contributed by atoms with Crippen molar-refractivity contribution in [1.29, 1.82) is 0 Å². The first kappa shape index (κ1) is 9.69. The molecule has 0 atom stereocenters. The molecular weight excluding hydrogens is 292 g/mol. The number of hydrogen-bond donors (Lipinski definition) is 2. The first-order valence-electron chi connectivity index (χ1n) is 2.98. The molecule has 0 saturated heterocycles. The lowest BCUT2D eigenvalue weighted by molar-refractivity contribution is 0.240. The van der Waals surface area contributed by atoms with Crippen LogP contribution in [0.4, 0.5) is 5.82 Å². The van der Waals surface area contributed by atoms with Crippen LogP contribution in [0.3, 0.4) is 0 Å². The van der Waals surface area contributed by atoms with Gasteiger partial charge in [-0.25, -0.2) is 9.98 Å². The monoisotopic (exact) mass is 297 g/mol. The summed E-state index contributed by atoms with van der Waals surface area (Å²) in [5.74, 6) is 0.477. The fraction of sp³-hybridized carbons (Fsp3) is 0. The van der Waals surface area contributed by atoms with Crippen molar-refractivity contribution >= 4 is 46.3 Å². The summed E-state index contributed by atoms with van der Waals surface area (Å²) in [4.78, 5) is 7.73. The number of halogens is 2. The van der Waals surface area contributed by atoms with Crippen molar-refractivity contribution in [2.24, 2.45) is 4.99 Å². The van der Waals surface area contributed by atoms with Crippen LogP contribution in [0, 0.1) is 3.57 Å². The summed E-state index contributed by atoms with van der Waals surface area (Å²) in [7, 11) is 0. The van der Waals surface area contributed by atoms with Gasteiger partial charge in [0.05, 0.1) is 8.59 Å². The van der Waals surface area contributed by atoms with E-state index in [0.717, 1.165) is 9.91 Å². The minimum absolute atomic E-state index is 0.477. The molecule has 2 N–H and O–H groups in total. The molecule has 0 spiro atoms. The van der Waals surface area contributed by atoms with Crippen molar-refractivity contribution < 1.29 is 5.21 Å². The fourth-order valence-electron chi connectivity index (χ4n) is 0.590. The van der Waals surface area contributed by atoms with E-state index in [9.17, 15) is 0 Å². The SMILES string of the molecule is ON/C=N/c1nccc(Cl)c1I. The summed E-state index contributed by atoms with van der Waals surface area (Å²) in [6.45, 7) is 0. The van der Waals surface area contributed by atoms with Crippen molar-refractivity contribution in [3.05, 3.63) is 20.9 Å². The number of pyridine rings is 1. The minimum Gasteiger partial charge on any atom is -0.290 e.